The summed E-state index contributed by atoms with van der Waals surface area (Å²) in [6.45, 7) is 17.4. The maximum Gasteiger partial charge on any atom is 0.394 e. The summed E-state index contributed by atoms with van der Waals surface area (Å²) in [5.74, 6) is -0.650. The van der Waals surface area contributed by atoms with Crippen molar-refractivity contribution >= 4 is 32.0 Å². The Hall–Kier alpha value is -0.933. The second-order valence-corrected chi connectivity index (χ2v) is 15.5. The Kier molecular flexibility index (Phi) is 6.51. The van der Waals surface area contributed by atoms with Crippen molar-refractivity contribution in [1.82, 2.24) is 0 Å². The molecule has 162 valence electrons. The second kappa shape index (κ2) is 8.30. The lowest BCUT2D eigenvalue weighted by molar-refractivity contribution is -0.825. The van der Waals surface area contributed by atoms with Gasteiger partial charge in [0.05, 0.1) is 17.1 Å². The molecule has 8 heteroatoms. The predicted molar refractivity (Wildman–Crippen MR) is 116 cm³/mol. The van der Waals surface area contributed by atoms with Gasteiger partial charge in [-0.3, -0.25) is 0 Å². The third-order valence-electron chi connectivity index (χ3n) is 6.50. The van der Waals surface area contributed by atoms with Gasteiger partial charge in [-0.25, -0.2) is 14.5 Å². The summed E-state index contributed by atoms with van der Waals surface area (Å²) in [5, 5.41) is 0.0252. The summed E-state index contributed by atoms with van der Waals surface area (Å²) in [6, 6.07) is 0. The van der Waals surface area contributed by atoms with E-state index in [1.165, 1.54) is 6.08 Å². The van der Waals surface area contributed by atoms with E-state index in [1.807, 2.05) is 6.92 Å². The number of hydrogen-bond acceptors (Lipinski definition) is 6. The molecule has 2 unspecified atom stereocenters. The number of carbonyl (C=O) groups excluding carboxylic acids is 2. The van der Waals surface area contributed by atoms with Gasteiger partial charge in [0.2, 0.25) is 5.70 Å². The van der Waals surface area contributed by atoms with Gasteiger partial charge in [-0.1, -0.05) is 45.2 Å². The molecule has 2 saturated heterocycles. The highest BCUT2D eigenvalue weighted by Crippen LogP contribution is 2.44. The van der Waals surface area contributed by atoms with Crippen LogP contribution in [0.15, 0.2) is 23.3 Å². The topological polar surface area (TPSA) is 66.3 Å². The molecule has 2 fully saturated rings. The maximum absolute atomic E-state index is 13.2. The van der Waals surface area contributed by atoms with Crippen LogP contribution < -0.4 is 4.90 Å². The van der Waals surface area contributed by atoms with Crippen LogP contribution in [0, 0.1) is 5.92 Å². The van der Waals surface area contributed by atoms with E-state index in [1.54, 1.807) is 11.8 Å². The SMILES string of the molecule is C=CCOC(=O)C1=C(C2CCCO2)S[C@@H]2[C@@H]([C@@H](C)O[Si](C)(C)C(C)(C)C)C(=O)[NH+]12. The van der Waals surface area contributed by atoms with Crippen molar-refractivity contribution in [3.8, 4) is 0 Å². The van der Waals surface area contributed by atoms with Crippen LogP contribution in [0.3, 0.4) is 0 Å². The highest BCUT2D eigenvalue weighted by Gasteiger charge is 2.66. The fourth-order valence-corrected chi connectivity index (χ4v) is 7.07. The molecule has 1 amide bonds. The minimum atomic E-state index is -2.00. The van der Waals surface area contributed by atoms with E-state index in [0.717, 1.165) is 17.7 Å². The molecule has 0 saturated carbocycles. The number of fused-ring (bicyclic) bond motifs is 1. The number of ether oxygens (including phenoxy) is 2. The zero-order valence-electron chi connectivity index (χ0n) is 18.4. The molecule has 3 rings (SSSR count). The van der Waals surface area contributed by atoms with Gasteiger partial charge in [-0.2, -0.15) is 0 Å². The Labute approximate surface area is 179 Å². The molecule has 29 heavy (non-hydrogen) atoms. The van der Waals surface area contributed by atoms with E-state index in [-0.39, 0.29) is 41.1 Å². The van der Waals surface area contributed by atoms with E-state index in [4.69, 9.17) is 13.9 Å². The number of esters is 1. The lowest BCUT2D eigenvalue weighted by Crippen LogP contribution is -3.25. The minimum Gasteiger partial charge on any atom is -0.454 e. The van der Waals surface area contributed by atoms with Gasteiger partial charge in [0, 0.05) is 6.61 Å². The van der Waals surface area contributed by atoms with E-state index in [2.05, 4.69) is 40.4 Å². The number of thioether (sulfide) groups is 1. The molecular weight excluding hydrogens is 406 g/mol. The summed E-state index contributed by atoms with van der Waals surface area (Å²) in [4.78, 5) is 27.4. The molecule has 1 N–H and O–H groups in total. The molecule has 3 aliphatic heterocycles. The minimum absolute atomic E-state index is 0.0206. The molecule has 6 nitrogen and oxygen atoms in total. The predicted octanol–water partition coefficient (Wildman–Crippen LogP) is 2.63. The molecule has 0 aliphatic carbocycles. The van der Waals surface area contributed by atoms with E-state index < -0.39 is 14.3 Å². The molecule has 3 aliphatic rings. The van der Waals surface area contributed by atoms with Crippen molar-refractivity contribution < 1.29 is 28.4 Å². The molecule has 0 aromatic heterocycles. The largest absolute Gasteiger partial charge is 0.454 e. The van der Waals surface area contributed by atoms with Gasteiger partial charge < -0.3 is 13.9 Å². The summed E-state index contributed by atoms with van der Waals surface area (Å²) in [5.41, 5.74) is 0.439. The molecule has 3 heterocycles. The molecule has 0 aromatic rings. The van der Waals surface area contributed by atoms with E-state index >= 15 is 0 Å². The summed E-state index contributed by atoms with van der Waals surface area (Å²) >= 11 is 1.61. The smallest absolute Gasteiger partial charge is 0.394 e. The Balaban J connectivity index is 1.80. The van der Waals surface area contributed by atoms with Crippen molar-refractivity contribution in [2.75, 3.05) is 13.2 Å². The van der Waals surface area contributed by atoms with Crippen molar-refractivity contribution in [3.63, 3.8) is 0 Å². The lowest BCUT2D eigenvalue weighted by Gasteiger charge is -2.44. The van der Waals surface area contributed by atoms with Crippen LogP contribution in [-0.2, 0) is 23.5 Å². The number of carbonyl (C=O) groups is 2. The average Bonchev–Trinajstić information content (AvgIpc) is 3.23. The molecule has 0 bridgehead atoms. The summed E-state index contributed by atoms with van der Waals surface area (Å²) in [6.07, 6.45) is 3.07. The third kappa shape index (κ3) is 4.14. The Morgan fingerprint density at radius 1 is 1.45 bits per heavy atom. The Morgan fingerprint density at radius 3 is 2.69 bits per heavy atom. The lowest BCUT2D eigenvalue weighted by atomic mass is 9.92. The van der Waals surface area contributed by atoms with Gasteiger partial charge in [0.1, 0.15) is 6.61 Å². The van der Waals surface area contributed by atoms with Crippen LogP contribution in [0.25, 0.3) is 0 Å². The third-order valence-corrected chi connectivity index (χ3v) is 12.6. The Bertz CT molecular complexity index is 723. The number of β-lactam (4-membered cyclic amide) rings is 1. The standard InChI is InChI=1S/C21H33NO5SSi/c1-8-11-26-20(24)16-17(14-10-9-12-25-14)28-19-15(18(23)22(16)19)13(2)27-29(6,7)21(3,4)5/h8,13-15,19H,1,9-12H2,2-7H3/p+1/t13-,14?,15+,19-/m1/s1. The average molecular weight is 441 g/mol. The molecule has 0 spiro atoms. The van der Waals surface area contributed by atoms with Crippen LogP contribution in [0.5, 0.6) is 0 Å². The highest BCUT2D eigenvalue weighted by atomic mass is 32.2. The highest BCUT2D eigenvalue weighted by molar-refractivity contribution is 8.03. The van der Waals surface area contributed by atoms with Gasteiger partial charge in [0.25, 0.3) is 0 Å². The van der Waals surface area contributed by atoms with Crippen molar-refractivity contribution in [2.45, 2.75) is 76.3 Å². The quantitative estimate of drug-likeness (QED) is 0.284. The maximum atomic E-state index is 13.2. The molecular formula is C21H34NO5SSi+. The van der Waals surface area contributed by atoms with Crippen molar-refractivity contribution in [2.24, 2.45) is 5.92 Å². The normalized spacial score (nSPS) is 30.8. The Morgan fingerprint density at radius 2 is 2.14 bits per heavy atom. The first-order valence-electron chi connectivity index (χ1n) is 10.4. The number of hydrogen-bond donors (Lipinski definition) is 1. The molecule has 0 aromatic carbocycles. The van der Waals surface area contributed by atoms with Crippen molar-refractivity contribution in [3.05, 3.63) is 23.3 Å². The fourth-order valence-electron chi connectivity index (χ4n) is 3.88. The number of nitrogens with one attached hydrogen (secondary N) is 1. The van der Waals surface area contributed by atoms with Gasteiger partial charge in [-0.15, -0.1) is 0 Å². The van der Waals surface area contributed by atoms with Crippen LogP contribution >= 0.6 is 11.8 Å². The van der Waals surface area contributed by atoms with Crippen LogP contribution in [0.1, 0.15) is 40.5 Å². The zero-order valence-corrected chi connectivity index (χ0v) is 20.2. The van der Waals surface area contributed by atoms with E-state index in [9.17, 15) is 9.59 Å². The first-order chi connectivity index (χ1) is 13.5. The first kappa shape index (κ1) is 22.7. The molecule has 5 atom stereocenters. The number of quaternary nitrogens is 1. The van der Waals surface area contributed by atoms with E-state index in [0.29, 0.717) is 17.2 Å². The van der Waals surface area contributed by atoms with Crippen molar-refractivity contribution in [1.29, 1.82) is 0 Å². The number of amides is 1. The zero-order chi connectivity index (χ0) is 21.6. The fraction of sp³-hybridized carbons (Fsp3) is 0.714. The summed E-state index contributed by atoms with van der Waals surface area (Å²) in [7, 11) is -2.00. The van der Waals surface area contributed by atoms with Gasteiger partial charge in [0.15, 0.2) is 19.6 Å². The van der Waals surface area contributed by atoms with Crippen LogP contribution in [-0.4, -0.2) is 51.0 Å². The van der Waals surface area contributed by atoms with Crippen LogP contribution in [0.2, 0.25) is 18.1 Å². The van der Waals surface area contributed by atoms with Gasteiger partial charge >= 0.3 is 11.9 Å². The first-order valence-corrected chi connectivity index (χ1v) is 14.2. The number of rotatable bonds is 7. The summed E-state index contributed by atoms with van der Waals surface area (Å²) < 4.78 is 17.7. The second-order valence-electron chi connectivity index (χ2n) is 9.55. The van der Waals surface area contributed by atoms with Gasteiger partial charge in [-0.05, 0) is 37.9 Å². The monoisotopic (exact) mass is 440 g/mol. The molecule has 0 radical (unpaired) electrons. The van der Waals surface area contributed by atoms with Crippen LogP contribution in [0.4, 0.5) is 0 Å².